The number of hydrogen-bond donors (Lipinski definition) is 2. The maximum absolute atomic E-state index is 11.0. The summed E-state index contributed by atoms with van der Waals surface area (Å²) in [5.41, 5.74) is 0.842. The number of carboxylic acid groups (broad SMARTS) is 1. The minimum atomic E-state index is -0.908. The molecular weight excluding hydrogens is 262 g/mol. The maximum Gasteiger partial charge on any atom is 0.305 e. The van der Waals surface area contributed by atoms with Crippen molar-refractivity contribution in [3.8, 4) is 0 Å². The molecule has 2 aromatic rings. The minimum Gasteiger partial charge on any atom is -0.481 e. The number of non-ortho nitro benzene ring substituents is 1. The van der Waals surface area contributed by atoms with E-state index in [4.69, 9.17) is 5.11 Å². The van der Waals surface area contributed by atoms with E-state index in [1.165, 1.54) is 12.3 Å². The first-order valence-electron chi connectivity index (χ1n) is 5.99. The Morgan fingerprint density at radius 1 is 1.50 bits per heavy atom. The zero-order chi connectivity index (χ0) is 14.7. The van der Waals surface area contributed by atoms with Crippen molar-refractivity contribution in [1.29, 1.82) is 0 Å². The van der Waals surface area contributed by atoms with Crippen molar-refractivity contribution in [3.63, 3.8) is 0 Å². The van der Waals surface area contributed by atoms with Crippen molar-refractivity contribution in [2.45, 2.75) is 19.4 Å². The van der Waals surface area contributed by atoms with Gasteiger partial charge < -0.3 is 10.4 Å². The van der Waals surface area contributed by atoms with E-state index in [0.29, 0.717) is 11.1 Å². The topological polar surface area (TPSA) is 105 Å². The highest BCUT2D eigenvalue weighted by atomic mass is 16.6. The normalized spacial score (nSPS) is 12.1. The Balaban J connectivity index is 2.42. The Morgan fingerprint density at radius 3 is 2.90 bits per heavy atom. The van der Waals surface area contributed by atoms with Crippen LogP contribution in [0.1, 0.15) is 13.3 Å². The smallest absolute Gasteiger partial charge is 0.305 e. The first kappa shape index (κ1) is 13.7. The molecule has 104 valence electrons. The van der Waals surface area contributed by atoms with E-state index in [1.807, 2.05) is 0 Å². The number of aliphatic carboxylic acids is 1. The van der Waals surface area contributed by atoms with Crippen molar-refractivity contribution < 1.29 is 14.8 Å². The van der Waals surface area contributed by atoms with Crippen LogP contribution in [0.25, 0.3) is 10.9 Å². The van der Waals surface area contributed by atoms with E-state index in [2.05, 4.69) is 10.3 Å². The molecule has 1 heterocycles. The summed E-state index contributed by atoms with van der Waals surface area (Å²) in [6, 6.07) is 6.06. The molecule has 1 aromatic carbocycles. The van der Waals surface area contributed by atoms with Gasteiger partial charge in [-0.2, -0.15) is 0 Å². The van der Waals surface area contributed by atoms with Crippen molar-refractivity contribution in [3.05, 3.63) is 40.6 Å². The number of nitrogens with zero attached hydrogens (tertiary/aromatic N) is 2. The molecule has 0 aliphatic heterocycles. The highest BCUT2D eigenvalue weighted by Gasteiger charge is 2.15. The Hall–Kier alpha value is -2.70. The third-order valence-electron chi connectivity index (χ3n) is 2.83. The summed E-state index contributed by atoms with van der Waals surface area (Å²) in [5.74, 6) is -0.908. The lowest BCUT2D eigenvalue weighted by molar-refractivity contribution is -0.383. The number of rotatable bonds is 5. The van der Waals surface area contributed by atoms with Gasteiger partial charge in [-0.05, 0) is 13.0 Å². The predicted octanol–water partition coefficient (Wildman–Crippen LogP) is 2.42. The van der Waals surface area contributed by atoms with Gasteiger partial charge in [0.25, 0.3) is 5.69 Å². The van der Waals surface area contributed by atoms with Gasteiger partial charge in [0, 0.05) is 29.4 Å². The van der Waals surface area contributed by atoms with Crippen LogP contribution in [0.2, 0.25) is 0 Å². The average molecular weight is 275 g/mol. The molecule has 7 heteroatoms. The Morgan fingerprint density at radius 2 is 2.25 bits per heavy atom. The summed E-state index contributed by atoms with van der Waals surface area (Å²) >= 11 is 0. The fourth-order valence-corrected chi connectivity index (χ4v) is 2.01. The lowest BCUT2D eigenvalue weighted by Crippen LogP contribution is -2.19. The predicted molar refractivity (Wildman–Crippen MR) is 73.7 cm³/mol. The molecule has 0 spiro atoms. The summed E-state index contributed by atoms with van der Waals surface area (Å²) in [6.07, 6.45) is 1.42. The molecule has 0 aliphatic carbocycles. The number of hydrogen-bond acceptors (Lipinski definition) is 5. The van der Waals surface area contributed by atoms with Crippen molar-refractivity contribution in [2.75, 3.05) is 5.32 Å². The summed E-state index contributed by atoms with van der Waals surface area (Å²) in [5, 5.41) is 23.3. The number of benzene rings is 1. The van der Waals surface area contributed by atoms with Crippen molar-refractivity contribution in [2.24, 2.45) is 0 Å². The monoisotopic (exact) mass is 275 g/mol. The van der Waals surface area contributed by atoms with Gasteiger partial charge in [-0.1, -0.05) is 12.1 Å². The number of para-hydroxylation sites is 1. The highest BCUT2D eigenvalue weighted by molar-refractivity contribution is 5.96. The van der Waals surface area contributed by atoms with E-state index in [-0.39, 0.29) is 23.7 Å². The molecule has 0 saturated heterocycles. The van der Waals surface area contributed by atoms with Crippen LogP contribution in [-0.2, 0) is 4.79 Å². The zero-order valence-corrected chi connectivity index (χ0v) is 10.7. The SMILES string of the molecule is CC(CC(=O)O)Nc1ccnc2c([N+](=O)[O-])cccc12. The summed E-state index contributed by atoms with van der Waals surface area (Å²) < 4.78 is 0. The molecule has 0 bridgehead atoms. The molecule has 0 radical (unpaired) electrons. The van der Waals surface area contributed by atoms with Crippen LogP contribution in [0.4, 0.5) is 11.4 Å². The molecule has 0 aliphatic rings. The average Bonchev–Trinajstić information content (AvgIpc) is 2.37. The molecular formula is C13H13N3O4. The number of nitro groups is 1. The number of carbonyl (C=O) groups is 1. The third-order valence-corrected chi connectivity index (χ3v) is 2.83. The van der Waals surface area contributed by atoms with E-state index in [1.54, 1.807) is 25.1 Å². The van der Waals surface area contributed by atoms with Gasteiger partial charge in [0.1, 0.15) is 5.52 Å². The summed E-state index contributed by atoms with van der Waals surface area (Å²) in [6.45, 7) is 1.73. The van der Waals surface area contributed by atoms with Gasteiger partial charge in [-0.3, -0.25) is 14.9 Å². The van der Waals surface area contributed by atoms with Crippen LogP contribution >= 0.6 is 0 Å². The van der Waals surface area contributed by atoms with E-state index in [0.717, 1.165) is 0 Å². The van der Waals surface area contributed by atoms with Crippen LogP contribution in [0.3, 0.4) is 0 Å². The van der Waals surface area contributed by atoms with Gasteiger partial charge in [0.2, 0.25) is 0 Å². The maximum atomic E-state index is 11.0. The molecule has 0 saturated carbocycles. The molecule has 20 heavy (non-hydrogen) atoms. The van der Waals surface area contributed by atoms with Gasteiger partial charge in [0.05, 0.1) is 11.3 Å². The number of fused-ring (bicyclic) bond motifs is 1. The quantitative estimate of drug-likeness (QED) is 0.641. The zero-order valence-electron chi connectivity index (χ0n) is 10.7. The molecule has 0 fully saturated rings. The molecule has 0 amide bonds. The largest absolute Gasteiger partial charge is 0.481 e. The number of carboxylic acids is 1. The van der Waals surface area contributed by atoms with Gasteiger partial charge in [0.15, 0.2) is 0 Å². The molecule has 1 unspecified atom stereocenters. The van der Waals surface area contributed by atoms with Crippen LogP contribution in [0.15, 0.2) is 30.5 Å². The van der Waals surface area contributed by atoms with Crippen LogP contribution < -0.4 is 5.32 Å². The lowest BCUT2D eigenvalue weighted by Gasteiger charge is -2.14. The summed E-state index contributed by atoms with van der Waals surface area (Å²) in [4.78, 5) is 25.2. The molecule has 1 atom stereocenters. The fraction of sp³-hybridized carbons (Fsp3) is 0.231. The van der Waals surface area contributed by atoms with Crippen LogP contribution in [-0.4, -0.2) is 27.0 Å². The van der Waals surface area contributed by atoms with Crippen molar-refractivity contribution >= 4 is 28.2 Å². The molecule has 2 rings (SSSR count). The number of pyridine rings is 1. The van der Waals surface area contributed by atoms with Crippen molar-refractivity contribution in [1.82, 2.24) is 4.98 Å². The summed E-state index contributed by atoms with van der Waals surface area (Å²) in [7, 11) is 0. The fourth-order valence-electron chi connectivity index (χ4n) is 2.01. The number of nitro benzene ring substituents is 1. The Bertz CT molecular complexity index is 672. The molecule has 7 nitrogen and oxygen atoms in total. The highest BCUT2D eigenvalue weighted by Crippen LogP contribution is 2.28. The Kier molecular flexibility index (Phi) is 3.79. The van der Waals surface area contributed by atoms with Gasteiger partial charge in [-0.15, -0.1) is 0 Å². The molecule has 1 aromatic heterocycles. The molecule has 2 N–H and O–H groups in total. The van der Waals surface area contributed by atoms with Crippen LogP contribution in [0, 0.1) is 10.1 Å². The second-order valence-corrected chi connectivity index (χ2v) is 4.43. The minimum absolute atomic E-state index is 0.0429. The number of nitrogens with one attached hydrogen (secondary N) is 1. The third kappa shape index (κ3) is 2.82. The standard InChI is InChI=1S/C13H13N3O4/c1-8(7-12(17)18)15-10-5-6-14-13-9(10)3-2-4-11(13)16(19)20/h2-6,8H,7H2,1H3,(H,14,15)(H,17,18). The lowest BCUT2D eigenvalue weighted by atomic mass is 10.1. The number of aromatic nitrogens is 1. The van der Waals surface area contributed by atoms with Crippen LogP contribution in [0.5, 0.6) is 0 Å². The Labute approximate surface area is 114 Å². The van der Waals surface area contributed by atoms with Gasteiger partial charge >= 0.3 is 5.97 Å². The van der Waals surface area contributed by atoms with Gasteiger partial charge in [-0.25, -0.2) is 4.98 Å². The van der Waals surface area contributed by atoms with E-state index >= 15 is 0 Å². The first-order chi connectivity index (χ1) is 9.49. The first-order valence-corrected chi connectivity index (χ1v) is 5.99. The number of anilines is 1. The second kappa shape index (κ2) is 5.52. The second-order valence-electron chi connectivity index (χ2n) is 4.43. The van der Waals surface area contributed by atoms with E-state index in [9.17, 15) is 14.9 Å². The van der Waals surface area contributed by atoms with E-state index < -0.39 is 10.9 Å².